The Labute approximate surface area is 121 Å². The van der Waals surface area contributed by atoms with Gasteiger partial charge in [0.1, 0.15) is 0 Å². The Kier molecular flexibility index (Phi) is 3.87. The highest BCUT2D eigenvalue weighted by atomic mass is 19.4. The number of rotatable bonds is 3. The van der Waals surface area contributed by atoms with Gasteiger partial charge >= 0.3 is 12.1 Å². The predicted octanol–water partition coefficient (Wildman–Crippen LogP) is 4.20. The fourth-order valence-electron chi connectivity index (χ4n) is 2.57. The molecule has 1 aromatic rings. The zero-order valence-electron chi connectivity index (χ0n) is 12.2. The average Bonchev–Trinajstić information content (AvgIpc) is 3.02. The molecular formula is C16H17F3O2. The van der Waals surface area contributed by atoms with E-state index >= 15 is 0 Å². The lowest BCUT2D eigenvalue weighted by atomic mass is 10.0. The molecule has 21 heavy (non-hydrogen) atoms. The van der Waals surface area contributed by atoms with Crippen molar-refractivity contribution in [1.29, 1.82) is 0 Å². The van der Waals surface area contributed by atoms with E-state index in [0.29, 0.717) is 5.56 Å². The molecule has 0 amide bonds. The van der Waals surface area contributed by atoms with Crippen LogP contribution in [0.25, 0.3) is 6.08 Å². The maximum Gasteiger partial charge on any atom is 0.408 e. The Morgan fingerprint density at radius 3 is 2.33 bits per heavy atom. The molecule has 1 atom stereocenters. The van der Waals surface area contributed by atoms with Crippen LogP contribution in [0.3, 0.4) is 0 Å². The van der Waals surface area contributed by atoms with Crippen LogP contribution in [0.4, 0.5) is 13.2 Å². The van der Waals surface area contributed by atoms with E-state index < -0.39 is 17.6 Å². The minimum atomic E-state index is -4.62. The van der Waals surface area contributed by atoms with Crippen LogP contribution in [0.5, 0.6) is 0 Å². The van der Waals surface area contributed by atoms with Gasteiger partial charge in [0.2, 0.25) is 0 Å². The van der Waals surface area contributed by atoms with Crippen molar-refractivity contribution in [2.45, 2.75) is 33.4 Å². The number of aryl methyl sites for hydroxylation is 2. The summed E-state index contributed by atoms with van der Waals surface area (Å²) in [6.45, 7) is 5.19. The summed E-state index contributed by atoms with van der Waals surface area (Å²) >= 11 is 0. The van der Waals surface area contributed by atoms with Crippen molar-refractivity contribution >= 4 is 12.0 Å². The van der Waals surface area contributed by atoms with E-state index in [9.17, 15) is 18.0 Å². The van der Waals surface area contributed by atoms with Crippen molar-refractivity contribution in [1.82, 2.24) is 0 Å². The minimum absolute atomic E-state index is 0.0620. The molecule has 2 rings (SSSR count). The van der Waals surface area contributed by atoms with E-state index in [0.717, 1.165) is 11.1 Å². The topological polar surface area (TPSA) is 26.3 Å². The molecule has 1 aliphatic carbocycles. The van der Waals surface area contributed by atoms with E-state index in [2.05, 4.69) is 4.74 Å². The normalized spacial score (nSPS) is 23.2. The summed E-state index contributed by atoms with van der Waals surface area (Å²) in [5.74, 6) is -1.20. The highest BCUT2D eigenvalue weighted by molar-refractivity contribution is 5.90. The highest BCUT2D eigenvalue weighted by Crippen LogP contribution is 2.63. The summed E-state index contributed by atoms with van der Waals surface area (Å²) in [5, 5.41) is 0. The maximum absolute atomic E-state index is 13.2. The van der Waals surface area contributed by atoms with E-state index in [-0.39, 0.29) is 18.6 Å². The first-order chi connectivity index (χ1) is 9.70. The number of hydrogen-bond donors (Lipinski definition) is 0. The molecule has 0 heterocycles. The number of benzene rings is 1. The number of carbonyl (C=O) groups is 1. The standard InChI is InChI=1S/C16H17F3O2/c1-4-21-14(20)15(16(17,18)19)9-13(15)8-12-6-10(2)5-11(3)7-12/h5-8H,4,9H2,1-3H3/b13-8+. The van der Waals surface area contributed by atoms with E-state index in [1.54, 1.807) is 12.1 Å². The second-order valence-electron chi connectivity index (χ2n) is 5.39. The molecule has 0 bridgehead atoms. The van der Waals surface area contributed by atoms with Crippen LogP contribution < -0.4 is 0 Å². The molecular weight excluding hydrogens is 281 g/mol. The molecule has 1 aromatic carbocycles. The van der Waals surface area contributed by atoms with Gasteiger partial charge in [-0.2, -0.15) is 13.2 Å². The molecule has 114 valence electrons. The number of halogens is 3. The third kappa shape index (κ3) is 2.82. The number of carbonyl (C=O) groups excluding carboxylic acids is 1. The first-order valence-corrected chi connectivity index (χ1v) is 6.74. The van der Waals surface area contributed by atoms with Crippen molar-refractivity contribution in [3.8, 4) is 0 Å². The number of alkyl halides is 3. The van der Waals surface area contributed by atoms with Gasteiger partial charge in [0.25, 0.3) is 0 Å². The lowest BCUT2D eigenvalue weighted by molar-refractivity contribution is -0.202. The van der Waals surface area contributed by atoms with Crippen LogP contribution in [0, 0.1) is 19.3 Å². The van der Waals surface area contributed by atoms with Crippen molar-refractivity contribution in [2.75, 3.05) is 6.61 Å². The molecule has 1 saturated carbocycles. The van der Waals surface area contributed by atoms with Gasteiger partial charge in [0.05, 0.1) is 6.61 Å². The number of hydrogen-bond acceptors (Lipinski definition) is 2. The summed E-state index contributed by atoms with van der Waals surface area (Å²) < 4.78 is 44.3. The van der Waals surface area contributed by atoms with Gasteiger partial charge in [0, 0.05) is 0 Å². The predicted molar refractivity (Wildman–Crippen MR) is 73.6 cm³/mol. The maximum atomic E-state index is 13.2. The zero-order chi connectivity index (χ0) is 15.8. The fraction of sp³-hybridized carbons (Fsp3) is 0.438. The summed E-state index contributed by atoms with van der Waals surface area (Å²) in [6, 6.07) is 5.53. The van der Waals surface area contributed by atoms with Crippen molar-refractivity contribution < 1.29 is 22.7 Å². The molecule has 5 heteroatoms. The lowest BCUT2D eigenvalue weighted by Gasteiger charge is -2.17. The molecule has 0 radical (unpaired) electrons. The first kappa shape index (κ1) is 15.6. The van der Waals surface area contributed by atoms with Gasteiger partial charge in [-0.25, -0.2) is 0 Å². The Hall–Kier alpha value is -1.78. The Morgan fingerprint density at radius 2 is 1.86 bits per heavy atom. The van der Waals surface area contributed by atoms with E-state index in [1.165, 1.54) is 13.0 Å². The number of ether oxygens (including phenoxy) is 1. The molecule has 1 aliphatic rings. The Bertz CT molecular complexity index is 582. The minimum Gasteiger partial charge on any atom is -0.465 e. The van der Waals surface area contributed by atoms with Gasteiger partial charge in [-0.1, -0.05) is 35.4 Å². The van der Waals surface area contributed by atoms with Crippen molar-refractivity contribution in [3.63, 3.8) is 0 Å². The zero-order valence-corrected chi connectivity index (χ0v) is 12.2. The SMILES string of the molecule is CCOC(=O)C1(C(F)(F)F)C/C1=C\c1cc(C)cc(C)c1. The first-order valence-electron chi connectivity index (χ1n) is 6.74. The van der Waals surface area contributed by atoms with Gasteiger partial charge in [0.15, 0.2) is 5.41 Å². The van der Waals surface area contributed by atoms with Crippen LogP contribution in [0.1, 0.15) is 30.0 Å². The monoisotopic (exact) mass is 298 g/mol. The van der Waals surface area contributed by atoms with Gasteiger partial charge in [-0.3, -0.25) is 4.79 Å². The molecule has 0 N–H and O–H groups in total. The number of esters is 1. The smallest absolute Gasteiger partial charge is 0.408 e. The van der Waals surface area contributed by atoms with E-state index in [4.69, 9.17) is 0 Å². The average molecular weight is 298 g/mol. The Balaban J connectivity index is 2.37. The third-order valence-electron chi connectivity index (χ3n) is 3.57. The molecule has 0 aromatic heterocycles. The van der Waals surface area contributed by atoms with Gasteiger partial charge in [-0.05, 0) is 38.3 Å². The van der Waals surface area contributed by atoms with Crippen molar-refractivity contribution in [3.05, 3.63) is 40.5 Å². The van der Waals surface area contributed by atoms with Crippen LogP contribution in [-0.2, 0) is 9.53 Å². The van der Waals surface area contributed by atoms with Crippen LogP contribution >= 0.6 is 0 Å². The second kappa shape index (κ2) is 5.20. The summed E-state index contributed by atoms with van der Waals surface area (Å²) in [5.41, 5.74) is 0.240. The lowest BCUT2D eigenvalue weighted by Crippen LogP contribution is -2.34. The van der Waals surface area contributed by atoms with Crippen LogP contribution in [0.15, 0.2) is 23.8 Å². The molecule has 1 fully saturated rings. The molecule has 2 nitrogen and oxygen atoms in total. The van der Waals surface area contributed by atoms with Gasteiger partial charge < -0.3 is 4.74 Å². The largest absolute Gasteiger partial charge is 0.465 e. The summed E-state index contributed by atoms with van der Waals surface area (Å²) in [4.78, 5) is 11.7. The fourth-order valence-corrected chi connectivity index (χ4v) is 2.57. The third-order valence-corrected chi connectivity index (χ3v) is 3.57. The quantitative estimate of drug-likeness (QED) is 0.782. The molecule has 0 aliphatic heterocycles. The Morgan fingerprint density at radius 1 is 1.29 bits per heavy atom. The van der Waals surface area contributed by atoms with Crippen molar-refractivity contribution in [2.24, 2.45) is 5.41 Å². The highest BCUT2D eigenvalue weighted by Gasteiger charge is 2.73. The van der Waals surface area contributed by atoms with E-state index in [1.807, 2.05) is 19.9 Å². The second-order valence-corrected chi connectivity index (χ2v) is 5.39. The molecule has 1 unspecified atom stereocenters. The van der Waals surface area contributed by atoms with Gasteiger partial charge in [-0.15, -0.1) is 0 Å². The van der Waals surface area contributed by atoms with Crippen LogP contribution in [-0.4, -0.2) is 18.8 Å². The summed E-state index contributed by atoms with van der Waals surface area (Å²) in [6.07, 6.45) is -3.49. The summed E-state index contributed by atoms with van der Waals surface area (Å²) in [7, 11) is 0. The van der Waals surface area contributed by atoms with Crippen LogP contribution in [0.2, 0.25) is 0 Å². The molecule has 0 spiro atoms. The molecule has 0 saturated heterocycles.